The van der Waals surface area contributed by atoms with Crippen LogP contribution in [0.25, 0.3) is 0 Å². The molecule has 0 unspecified atom stereocenters. The van der Waals surface area contributed by atoms with E-state index in [2.05, 4.69) is 11.4 Å². The minimum atomic E-state index is -4.44. The first-order chi connectivity index (χ1) is 25.1. The van der Waals surface area contributed by atoms with Crippen molar-refractivity contribution in [3.8, 4) is 0 Å². The summed E-state index contributed by atoms with van der Waals surface area (Å²) in [6.45, 7) is 11.8. The van der Waals surface area contributed by atoms with Crippen LogP contribution in [0.15, 0.2) is 0 Å². The lowest BCUT2D eigenvalue weighted by Crippen LogP contribution is -2.15. The van der Waals surface area contributed by atoms with Crippen molar-refractivity contribution >= 4 is 7.82 Å². The molecular weight excluding hydrogens is 687 g/mol. The number of rotatable bonds is 46. The summed E-state index contributed by atoms with van der Waals surface area (Å²) in [5, 5.41) is 0. The highest BCUT2D eigenvalue weighted by Crippen LogP contribution is 2.35. The van der Waals surface area contributed by atoms with E-state index < -0.39 is 7.82 Å². The molecule has 0 aromatic carbocycles. The molecule has 0 amide bonds. The Hall–Kier alpha value is -0.290. The van der Waals surface area contributed by atoms with Crippen molar-refractivity contribution in [2.45, 2.75) is 96.8 Å². The zero-order valence-electron chi connectivity index (χ0n) is 32.0. The maximum absolute atomic E-state index is 10.5. The third kappa shape index (κ3) is 49.7. The summed E-state index contributed by atoms with van der Waals surface area (Å²) in [4.78, 5) is 17.1. The second-order valence-corrected chi connectivity index (χ2v) is 13.3. The van der Waals surface area contributed by atoms with Gasteiger partial charge in [0.2, 0.25) is 0 Å². The average Bonchev–Trinajstić information content (AvgIpc) is 3.11. The van der Waals surface area contributed by atoms with E-state index in [0.717, 1.165) is 13.0 Å². The van der Waals surface area contributed by atoms with Gasteiger partial charge >= 0.3 is 7.82 Å². The fourth-order valence-electron chi connectivity index (χ4n) is 4.70. The maximum Gasteiger partial charge on any atom is 0.469 e. The third-order valence-electron chi connectivity index (χ3n) is 7.48. The van der Waals surface area contributed by atoms with Gasteiger partial charge < -0.3 is 57.2 Å². The SMILES string of the molecule is CCCCCCCCCCCCCCCCOCCOCCOCCOCCOCCOCCOCCOCCOCCOCCOP(=O)(O)O. The number of phosphoric ester groups is 1. The summed E-state index contributed by atoms with van der Waals surface area (Å²) in [5.41, 5.74) is 0. The standard InChI is InChI=1S/C36H75O14P/c1-2-3-4-5-6-7-8-9-10-11-12-13-14-15-16-40-17-18-41-19-20-42-21-22-43-23-24-44-25-26-45-27-28-46-29-30-47-31-32-48-33-34-49-35-36-50-51(37,38)39/h2-36H2,1H3,(H2,37,38,39). The van der Waals surface area contributed by atoms with Crippen molar-refractivity contribution in [3.63, 3.8) is 0 Å². The highest BCUT2D eigenvalue weighted by molar-refractivity contribution is 7.46. The molecule has 0 aliphatic heterocycles. The first-order valence-electron chi connectivity index (χ1n) is 19.5. The van der Waals surface area contributed by atoms with Crippen molar-refractivity contribution in [1.29, 1.82) is 0 Å². The zero-order valence-corrected chi connectivity index (χ0v) is 32.9. The predicted octanol–water partition coefficient (Wildman–Crippen LogP) is 5.74. The molecule has 0 radical (unpaired) electrons. The molecule has 0 aromatic rings. The van der Waals surface area contributed by atoms with Gasteiger partial charge in [-0.05, 0) is 6.42 Å². The molecule has 0 rings (SSSR count). The molecular formula is C36H75O14P. The highest BCUT2D eigenvalue weighted by Gasteiger charge is 2.12. The Morgan fingerprint density at radius 1 is 0.294 bits per heavy atom. The molecule has 0 heterocycles. The molecule has 0 aliphatic rings. The fraction of sp³-hybridized carbons (Fsp3) is 1.00. The average molecular weight is 763 g/mol. The van der Waals surface area contributed by atoms with E-state index in [9.17, 15) is 4.57 Å². The van der Waals surface area contributed by atoms with E-state index in [1.165, 1.54) is 83.5 Å². The van der Waals surface area contributed by atoms with E-state index in [4.69, 9.17) is 57.2 Å². The lowest BCUT2D eigenvalue weighted by atomic mass is 10.0. The van der Waals surface area contributed by atoms with Gasteiger partial charge in [0.25, 0.3) is 0 Å². The number of ether oxygens (including phenoxy) is 10. The van der Waals surface area contributed by atoms with Gasteiger partial charge in [0.05, 0.1) is 132 Å². The topological polar surface area (TPSA) is 159 Å². The molecule has 0 fully saturated rings. The largest absolute Gasteiger partial charge is 0.469 e. The van der Waals surface area contributed by atoms with E-state index in [-0.39, 0.29) is 13.2 Å². The van der Waals surface area contributed by atoms with Crippen molar-refractivity contribution < 1.29 is 66.2 Å². The summed E-state index contributed by atoms with van der Waals surface area (Å²) in [6.07, 6.45) is 19.2. The molecule has 0 spiro atoms. The molecule has 308 valence electrons. The Labute approximate surface area is 309 Å². The monoisotopic (exact) mass is 762 g/mol. The van der Waals surface area contributed by atoms with Crippen LogP contribution in [0.5, 0.6) is 0 Å². The van der Waals surface area contributed by atoms with Crippen LogP contribution in [-0.2, 0) is 56.5 Å². The van der Waals surface area contributed by atoms with Gasteiger partial charge in [-0.25, -0.2) is 4.57 Å². The molecule has 0 aliphatic carbocycles. The predicted molar refractivity (Wildman–Crippen MR) is 196 cm³/mol. The zero-order chi connectivity index (χ0) is 37.0. The Kier molecular flexibility index (Phi) is 43.9. The van der Waals surface area contributed by atoms with Crippen molar-refractivity contribution in [3.05, 3.63) is 0 Å². The lowest BCUT2D eigenvalue weighted by molar-refractivity contribution is -0.0268. The normalized spacial score (nSPS) is 12.0. The van der Waals surface area contributed by atoms with Crippen molar-refractivity contribution in [2.75, 3.05) is 139 Å². The molecule has 0 saturated heterocycles. The van der Waals surface area contributed by atoms with Crippen LogP contribution in [0.2, 0.25) is 0 Å². The number of hydrogen-bond donors (Lipinski definition) is 2. The van der Waals surface area contributed by atoms with Crippen LogP contribution in [-0.4, -0.2) is 149 Å². The van der Waals surface area contributed by atoms with Gasteiger partial charge in [-0.15, -0.1) is 0 Å². The van der Waals surface area contributed by atoms with Crippen LogP contribution < -0.4 is 0 Å². The Balaban J connectivity index is 3.06. The molecule has 51 heavy (non-hydrogen) atoms. The molecule has 0 aromatic heterocycles. The molecule has 2 N–H and O–H groups in total. The van der Waals surface area contributed by atoms with Crippen LogP contribution in [0.1, 0.15) is 96.8 Å². The van der Waals surface area contributed by atoms with Gasteiger partial charge in [-0.2, -0.15) is 0 Å². The molecule has 14 nitrogen and oxygen atoms in total. The first kappa shape index (κ1) is 50.7. The van der Waals surface area contributed by atoms with E-state index in [0.29, 0.717) is 119 Å². The second-order valence-electron chi connectivity index (χ2n) is 12.0. The van der Waals surface area contributed by atoms with Gasteiger partial charge in [-0.3, -0.25) is 4.52 Å². The van der Waals surface area contributed by atoms with Gasteiger partial charge in [0.1, 0.15) is 0 Å². The van der Waals surface area contributed by atoms with Gasteiger partial charge in [-0.1, -0.05) is 90.4 Å². The fourth-order valence-corrected chi connectivity index (χ4v) is 5.01. The maximum atomic E-state index is 10.5. The summed E-state index contributed by atoms with van der Waals surface area (Å²) < 4.78 is 69.2. The molecule has 0 saturated carbocycles. The molecule has 0 bridgehead atoms. The third-order valence-corrected chi connectivity index (χ3v) is 8.00. The number of phosphoric acid groups is 1. The van der Waals surface area contributed by atoms with Crippen LogP contribution in [0.3, 0.4) is 0 Å². The van der Waals surface area contributed by atoms with Gasteiger partial charge in [0, 0.05) is 6.61 Å². The summed E-state index contributed by atoms with van der Waals surface area (Å²) >= 11 is 0. The molecule has 15 heteroatoms. The van der Waals surface area contributed by atoms with E-state index in [1.807, 2.05) is 0 Å². The Bertz CT molecular complexity index is 688. The Morgan fingerprint density at radius 3 is 0.725 bits per heavy atom. The summed E-state index contributed by atoms with van der Waals surface area (Å²) in [6, 6.07) is 0. The van der Waals surface area contributed by atoms with Crippen LogP contribution >= 0.6 is 7.82 Å². The summed E-state index contributed by atoms with van der Waals surface area (Å²) in [5.74, 6) is 0. The lowest BCUT2D eigenvalue weighted by Gasteiger charge is -2.09. The first-order valence-corrected chi connectivity index (χ1v) is 21.1. The van der Waals surface area contributed by atoms with Gasteiger partial charge in [0.15, 0.2) is 0 Å². The Morgan fingerprint density at radius 2 is 0.490 bits per heavy atom. The van der Waals surface area contributed by atoms with Crippen molar-refractivity contribution in [2.24, 2.45) is 0 Å². The van der Waals surface area contributed by atoms with Crippen LogP contribution in [0, 0.1) is 0 Å². The number of unbranched alkanes of at least 4 members (excludes halogenated alkanes) is 13. The van der Waals surface area contributed by atoms with Crippen molar-refractivity contribution in [1.82, 2.24) is 0 Å². The summed E-state index contributed by atoms with van der Waals surface area (Å²) in [7, 11) is -4.44. The number of hydrogen-bond acceptors (Lipinski definition) is 12. The quantitative estimate of drug-likeness (QED) is 0.0571. The smallest absolute Gasteiger partial charge is 0.379 e. The molecule has 0 atom stereocenters. The highest BCUT2D eigenvalue weighted by atomic mass is 31.2. The van der Waals surface area contributed by atoms with E-state index in [1.54, 1.807) is 0 Å². The minimum absolute atomic E-state index is 0.0819. The second kappa shape index (κ2) is 44.1. The van der Waals surface area contributed by atoms with E-state index >= 15 is 0 Å². The van der Waals surface area contributed by atoms with Crippen LogP contribution in [0.4, 0.5) is 0 Å². The minimum Gasteiger partial charge on any atom is -0.379 e.